The van der Waals surface area contributed by atoms with Crippen LogP contribution in [-0.2, 0) is 0 Å². The lowest BCUT2D eigenvalue weighted by Crippen LogP contribution is -1.99. The first-order chi connectivity index (χ1) is 28.2. The van der Waals surface area contributed by atoms with Crippen LogP contribution in [0.2, 0.25) is 0 Å². The topological polar surface area (TPSA) is 22.0 Å². The third kappa shape index (κ3) is 4.68. The molecule has 0 spiro atoms. The van der Waals surface area contributed by atoms with Crippen LogP contribution in [0.3, 0.4) is 0 Å². The molecule has 1 aromatic heterocycles. The van der Waals surface area contributed by atoms with E-state index in [9.17, 15) is 4.79 Å². The number of carbonyl (C=O) groups excluding carboxylic acids is 1. The molecule has 0 atom stereocenters. The van der Waals surface area contributed by atoms with Crippen LogP contribution in [0.4, 0.5) is 0 Å². The van der Waals surface area contributed by atoms with Crippen molar-refractivity contribution in [2.75, 3.05) is 0 Å². The normalized spacial score (nSPS) is 12.2. The third-order valence-electron chi connectivity index (χ3n) is 12.1. The van der Waals surface area contributed by atoms with E-state index in [0.717, 1.165) is 50.1 Å². The first-order valence-corrected chi connectivity index (χ1v) is 19.6. The number of rotatable bonds is 3. The minimum atomic E-state index is 0.0873. The van der Waals surface area contributed by atoms with Gasteiger partial charge in [0.15, 0.2) is 5.78 Å². The highest BCUT2D eigenvalue weighted by molar-refractivity contribution is 6.22. The van der Waals surface area contributed by atoms with Crippen LogP contribution in [0, 0.1) is 41.7 Å². The predicted octanol–water partition coefficient (Wildman–Crippen LogP) is 12.8. The van der Waals surface area contributed by atoms with Gasteiger partial charge in [0.05, 0.1) is 11.0 Å². The van der Waals surface area contributed by atoms with Crippen LogP contribution in [-0.4, -0.2) is 10.4 Å². The summed E-state index contributed by atoms with van der Waals surface area (Å²) in [5.74, 6) is 0.0873. The highest BCUT2D eigenvalue weighted by Crippen LogP contribution is 2.41. The van der Waals surface area contributed by atoms with Crippen molar-refractivity contribution >= 4 is 27.6 Å². The number of carbonyl (C=O) groups is 1. The molecule has 0 radical (unpaired) electrons. The molecule has 0 saturated carbocycles. The summed E-state index contributed by atoms with van der Waals surface area (Å²) < 4.78 is 2.46. The summed E-state index contributed by atoms with van der Waals surface area (Å²) in [6.45, 7) is 0. The Kier molecular flexibility index (Phi) is 6.81. The Morgan fingerprint density at radius 2 is 0.842 bits per heavy atom. The minimum absolute atomic E-state index is 0.0873. The molecule has 2 nitrogen and oxygen atoms in total. The average Bonchev–Trinajstić information content (AvgIpc) is 3.76. The number of ketones is 1. The van der Waals surface area contributed by atoms with E-state index in [2.05, 4.69) is 180 Å². The smallest absolute Gasteiger partial charge is 0.194 e. The molecule has 0 amide bonds. The summed E-state index contributed by atoms with van der Waals surface area (Å²) in [6, 6.07) is 71.9. The van der Waals surface area contributed by atoms with E-state index in [1.807, 2.05) is 24.3 Å². The van der Waals surface area contributed by atoms with Gasteiger partial charge in [0.2, 0.25) is 0 Å². The predicted molar refractivity (Wildman–Crippen MR) is 231 cm³/mol. The fourth-order valence-corrected chi connectivity index (χ4v) is 9.55. The first-order valence-electron chi connectivity index (χ1n) is 19.6. The molecule has 0 fully saturated rings. The maximum Gasteiger partial charge on any atom is 0.194 e. The molecule has 10 aromatic rings. The van der Waals surface area contributed by atoms with Crippen LogP contribution < -0.4 is 0 Å². The van der Waals surface area contributed by atoms with Crippen molar-refractivity contribution in [2.45, 2.75) is 0 Å². The monoisotopic (exact) mass is 723 g/mol. The fourth-order valence-electron chi connectivity index (χ4n) is 9.55. The van der Waals surface area contributed by atoms with Gasteiger partial charge < -0.3 is 4.57 Å². The Balaban J connectivity index is 1.29. The molecule has 2 aliphatic rings. The standard InChI is InChI=1S/C55H33NO/c57-55-49-24-11-9-22-44(49)51-33-38(26-28-50(51)55)56-52-32-37(36-16-12-15-35(31-36)34-13-2-1-3-14-34)25-27-45(52)48-30-29-47-43-21-7-6-19-41(43)39-17-4-5-18-40(39)42-20-8-10-23-46(42)53(47)54(48)56/h1-33H. The van der Waals surface area contributed by atoms with E-state index < -0.39 is 0 Å². The lowest BCUT2D eigenvalue weighted by atomic mass is 9.98. The summed E-state index contributed by atoms with van der Waals surface area (Å²) in [7, 11) is 0. The molecule has 9 aromatic carbocycles. The van der Waals surface area contributed by atoms with Gasteiger partial charge in [-0.1, -0.05) is 170 Å². The summed E-state index contributed by atoms with van der Waals surface area (Å²) in [5, 5.41) is 12.1. The van der Waals surface area contributed by atoms with E-state index >= 15 is 0 Å². The first kappa shape index (κ1) is 31.8. The molecule has 2 aliphatic carbocycles. The summed E-state index contributed by atoms with van der Waals surface area (Å²) in [5.41, 5.74) is 11.5. The van der Waals surface area contributed by atoms with Gasteiger partial charge in [0.25, 0.3) is 0 Å². The molecule has 0 N–H and O–H groups in total. The van der Waals surface area contributed by atoms with E-state index in [1.54, 1.807) is 0 Å². The summed E-state index contributed by atoms with van der Waals surface area (Å²) in [4.78, 5) is 13.7. The van der Waals surface area contributed by atoms with Crippen molar-refractivity contribution < 1.29 is 4.79 Å². The zero-order chi connectivity index (χ0) is 37.6. The third-order valence-corrected chi connectivity index (χ3v) is 12.1. The lowest BCUT2D eigenvalue weighted by molar-refractivity contribution is 0.104. The van der Waals surface area contributed by atoms with Crippen molar-refractivity contribution in [1.29, 1.82) is 0 Å². The van der Waals surface area contributed by atoms with Crippen molar-refractivity contribution in [3.63, 3.8) is 0 Å². The Labute approximate surface area is 327 Å². The number of hydrogen-bond acceptors (Lipinski definition) is 1. The molecule has 1 heterocycles. The number of fused-ring (bicyclic) bond motifs is 11. The van der Waals surface area contributed by atoms with E-state index in [0.29, 0.717) is 0 Å². The highest BCUT2D eigenvalue weighted by Gasteiger charge is 2.27. The number of benzene rings is 9. The van der Waals surface area contributed by atoms with E-state index in [-0.39, 0.29) is 5.78 Å². The second-order valence-corrected chi connectivity index (χ2v) is 15.1. The maximum absolute atomic E-state index is 13.7. The molecule has 0 aliphatic heterocycles. The average molecular weight is 724 g/mol. The molecule has 2 heteroatoms. The molecule has 12 rings (SSSR count). The highest BCUT2D eigenvalue weighted by atomic mass is 16.1. The van der Waals surface area contributed by atoms with Crippen molar-refractivity contribution in [2.24, 2.45) is 0 Å². The number of nitrogens with zero attached hydrogens (tertiary/aromatic N) is 1. The largest absolute Gasteiger partial charge is 0.309 e. The second-order valence-electron chi connectivity index (χ2n) is 15.1. The number of hydrogen-bond donors (Lipinski definition) is 0. The zero-order valence-electron chi connectivity index (χ0n) is 30.9. The second kappa shape index (κ2) is 12.2. The molecular weight excluding hydrogens is 691 g/mol. The molecule has 0 unspecified atom stereocenters. The van der Waals surface area contributed by atoms with E-state index in [1.165, 1.54) is 63.6 Å². The van der Waals surface area contributed by atoms with Gasteiger partial charge >= 0.3 is 0 Å². The summed E-state index contributed by atoms with van der Waals surface area (Å²) in [6.07, 6.45) is 0. The van der Waals surface area contributed by atoms with Crippen LogP contribution in [0.25, 0.3) is 60.9 Å². The van der Waals surface area contributed by atoms with Crippen LogP contribution >= 0.6 is 0 Å². The van der Waals surface area contributed by atoms with Gasteiger partial charge in [-0.2, -0.15) is 0 Å². The van der Waals surface area contributed by atoms with Gasteiger partial charge in [0, 0.05) is 32.8 Å². The lowest BCUT2D eigenvalue weighted by Gasteiger charge is -2.13. The minimum Gasteiger partial charge on any atom is -0.309 e. The molecule has 0 bridgehead atoms. The number of aromatic nitrogens is 1. The van der Waals surface area contributed by atoms with Gasteiger partial charge in [-0.05, 0) is 100 Å². The summed E-state index contributed by atoms with van der Waals surface area (Å²) >= 11 is 0. The van der Waals surface area contributed by atoms with Gasteiger partial charge in [-0.15, -0.1) is 0 Å². The molecular formula is C55H33NO. The van der Waals surface area contributed by atoms with Crippen LogP contribution in [0.15, 0.2) is 200 Å². The zero-order valence-corrected chi connectivity index (χ0v) is 30.9. The maximum atomic E-state index is 13.7. The molecule has 57 heavy (non-hydrogen) atoms. The quantitative estimate of drug-likeness (QED) is 0.178. The SMILES string of the molecule is O=C1c2ccccc2-c2cc(-n3c4cc(-c5cccc(-c6ccccc6)c5)ccc4c4ccc5c(c43)=c3ccccc3=c3ccccc3=c3ccccc3=5)ccc21. The molecule has 264 valence electrons. The van der Waals surface area contributed by atoms with Crippen molar-refractivity contribution in [3.8, 4) is 39.1 Å². The van der Waals surface area contributed by atoms with Crippen LogP contribution in [0.1, 0.15) is 15.9 Å². The Hall–Kier alpha value is -7.55. The fraction of sp³-hybridized carbons (Fsp3) is 0. The molecule has 0 saturated heterocycles. The van der Waals surface area contributed by atoms with Crippen LogP contribution in [0.5, 0.6) is 0 Å². The van der Waals surface area contributed by atoms with Crippen molar-refractivity contribution in [1.82, 2.24) is 4.57 Å². The Bertz CT molecular complexity index is 3770. The Morgan fingerprint density at radius 3 is 1.56 bits per heavy atom. The Morgan fingerprint density at radius 1 is 0.316 bits per heavy atom. The van der Waals surface area contributed by atoms with Gasteiger partial charge in [-0.3, -0.25) is 4.79 Å². The van der Waals surface area contributed by atoms with Crippen molar-refractivity contribution in [3.05, 3.63) is 253 Å². The van der Waals surface area contributed by atoms with E-state index in [4.69, 9.17) is 0 Å². The van der Waals surface area contributed by atoms with Gasteiger partial charge in [0.1, 0.15) is 0 Å². The van der Waals surface area contributed by atoms with Gasteiger partial charge in [-0.25, -0.2) is 0 Å².